The number of carbonyl (C=O) groups is 1. The molecule has 0 aromatic carbocycles. The van der Waals surface area contributed by atoms with Gasteiger partial charge in [-0.15, -0.1) is 11.3 Å². The second-order valence-electron chi connectivity index (χ2n) is 5.62. The molecule has 2 rings (SSSR count). The van der Waals surface area contributed by atoms with Crippen molar-refractivity contribution in [1.29, 1.82) is 0 Å². The van der Waals surface area contributed by atoms with Gasteiger partial charge in [0.15, 0.2) is 5.69 Å². The molecule has 4 nitrogen and oxygen atoms in total. The number of hydrogen-bond acceptors (Lipinski definition) is 5. The first-order valence-corrected chi connectivity index (χ1v) is 7.23. The van der Waals surface area contributed by atoms with Gasteiger partial charge in [0.2, 0.25) is 0 Å². The lowest BCUT2D eigenvalue weighted by Crippen LogP contribution is -2.28. The molecule has 0 radical (unpaired) electrons. The van der Waals surface area contributed by atoms with Gasteiger partial charge in [0, 0.05) is 17.8 Å². The minimum Gasteiger partial charge on any atom is -0.455 e. The molecule has 1 aromatic heterocycles. The van der Waals surface area contributed by atoms with Crippen molar-refractivity contribution in [1.82, 2.24) is 10.3 Å². The van der Waals surface area contributed by atoms with E-state index < -0.39 is 5.60 Å². The predicted octanol–water partition coefficient (Wildman–Crippen LogP) is 2.57. The molecule has 0 bridgehead atoms. The zero-order valence-electron chi connectivity index (χ0n) is 11.2. The van der Waals surface area contributed by atoms with E-state index in [1.807, 2.05) is 20.8 Å². The minimum absolute atomic E-state index is 0.325. The van der Waals surface area contributed by atoms with Gasteiger partial charge in [-0.3, -0.25) is 0 Å². The molecule has 0 amide bonds. The summed E-state index contributed by atoms with van der Waals surface area (Å²) >= 11 is 1.56. The Morgan fingerprint density at radius 2 is 2.33 bits per heavy atom. The van der Waals surface area contributed by atoms with Gasteiger partial charge in [-0.1, -0.05) is 0 Å². The van der Waals surface area contributed by atoms with Gasteiger partial charge >= 0.3 is 5.97 Å². The summed E-state index contributed by atoms with van der Waals surface area (Å²) in [7, 11) is 0. The largest absolute Gasteiger partial charge is 0.455 e. The quantitative estimate of drug-likeness (QED) is 0.838. The second-order valence-corrected chi connectivity index (χ2v) is 6.51. The van der Waals surface area contributed by atoms with Gasteiger partial charge in [-0.2, -0.15) is 0 Å². The summed E-state index contributed by atoms with van der Waals surface area (Å²) < 4.78 is 5.31. The normalized spacial score (nSPS) is 20.7. The summed E-state index contributed by atoms with van der Waals surface area (Å²) in [6.45, 7) is 7.64. The molecular formula is C13H20N2O2S. The van der Waals surface area contributed by atoms with Crippen LogP contribution >= 0.6 is 11.3 Å². The second kappa shape index (κ2) is 5.36. The molecule has 1 saturated heterocycles. The van der Waals surface area contributed by atoms with E-state index in [4.69, 9.17) is 4.74 Å². The van der Waals surface area contributed by atoms with Gasteiger partial charge in [0.1, 0.15) is 5.60 Å². The van der Waals surface area contributed by atoms with Crippen molar-refractivity contribution in [3.05, 3.63) is 16.1 Å². The molecule has 5 heteroatoms. The minimum atomic E-state index is -0.465. The summed E-state index contributed by atoms with van der Waals surface area (Å²) in [6.07, 6.45) is 2.32. The zero-order valence-corrected chi connectivity index (χ0v) is 12.0. The van der Waals surface area contributed by atoms with Gasteiger partial charge in [0.25, 0.3) is 0 Å². The lowest BCUT2D eigenvalue weighted by molar-refractivity contribution is 0.00634. The Bertz CT molecular complexity index is 417. The van der Waals surface area contributed by atoms with Gasteiger partial charge in [-0.25, -0.2) is 9.78 Å². The van der Waals surface area contributed by atoms with Crippen molar-refractivity contribution in [2.75, 3.05) is 13.1 Å². The predicted molar refractivity (Wildman–Crippen MR) is 72.1 cm³/mol. The third-order valence-electron chi connectivity index (χ3n) is 2.78. The number of aromatic nitrogens is 1. The van der Waals surface area contributed by atoms with Crippen molar-refractivity contribution in [2.45, 2.75) is 45.1 Å². The van der Waals surface area contributed by atoms with E-state index in [0.717, 1.165) is 24.5 Å². The van der Waals surface area contributed by atoms with Crippen molar-refractivity contribution in [2.24, 2.45) is 0 Å². The molecule has 1 aliphatic heterocycles. The number of ether oxygens (including phenoxy) is 1. The van der Waals surface area contributed by atoms with Gasteiger partial charge in [0.05, 0.1) is 5.01 Å². The molecule has 100 valence electrons. The van der Waals surface area contributed by atoms with Crippen LogP contribution in [0.15, 0.2) is 5.38 Å². The molecule has 2 heterocycles. The standard InChI is InChI=1S/C13H20N2O2S/c1-13(2,3)17-12(16)10-8-18-11(15-10)9-5-4-6-14-7-9/h8-9,14H,4-7H2,1-3H3. The summed E-state index contributed by atoms with van der Waals surface area (Å²) in [4.78, 5) is 16.3. The first-order valence-electron chi connectivity index (χ1n) is 6.35. The van der Waals surface area contributed by atoms with Crippen LogP contribution in [-0.2, 0) is 4.74 Å². The summed E-state index contributed by atoms with van der Waals surface area (Å²) in [6, 6.07) is 0. The van der Waals surface area contributed by atoms with Crippen molar-refractivity contribution < 1.29 is 9.53 Å². The Morgan fingerprint density at radius 1 is 1.56 bits per heavy atom. The zero-order chi connectivity index (χ0) is 13.2. The van der Waals surface area contributed by atoms with E-state index in [0.29, 0.717) is 11.6 Å². The van der Waals surface area contributed by atoms with Crippen LogP contribution in [0, 0.1) is 0 Å². The van der Waals surface area contributed by atoms with Crippen LogP contribution < -0.4 is 5.32 Å². The number of esters is 1. The number of nitrogens with one attached hydrogen (secondary N) is 1. The molecule has 1 aliphatic rings. The van der Waals surface area contributed by atoms with Crippen LogP contribution in [0.4, 0.5) is 0 Å². The molecule has 18 heavy (non-hydrogen) atoms. The fourth-order valence-corrected chi connectivity index (χ4v) is 2.89. The lowest BCUT2D eigenvalue weighted by atomic mass is 10.0. The third-order valence-corrected chi connectivity index (χ3v) is 3.78. The van der Waals surface area contributed by atoms with E-state index in [1.54, 1.807) is 16.7 Å². The highest BCUT2D eigenvalue weighted by Gasteiger charge is 2.23. The van der Waals surface area contributed by atoms with Crippen LogP contribution in [0.2, 0.25) is 0 Å². The number of piperidine rings is 1. The number of rotatable bonds is 2. The maximum absolute atomic E-state index is 11.9. The van der Waals surface area contributed by atoms with E-state index in [2.05, 4.69) is 10.3 Å². The first-order chi connectivity index (χ1) is 8.46. The Morgan fingerprint density at radius 3 is 2.94 bits per heavy atom. The molecular weight excluding hydrogens is 248 g/mol. The molecule has 1 aromatic rings. The van der Waals surface area contributed by atoms with E-state index in [9.17, 15) is 4.79 Å². The van der Waals surface area contributed by atoms with Crippen molar-refractivity contribution in [3.8, 4) is 0 Å². The number of thiazole rings is 1. The van der Waals surface area contributed by atoms with Crippen molar-refractivity contribution in [3.63, 3.8) is 0 Å². The Labute approximate surface area is 112 Å². The molecule has 1 unspecified atom stereocenters. The summed E-state index contributed by atoms with van der Waals surface area (Å²) in [5, 5.41) is 6.21. The van der Waals surface area contributed by atoms with E-state index in [-0.39, 0.29) is 5.97 Å². The average Bonchev–Trinajstić information content (AvgIpc) is 2.77. The molecule has 1 atom stereocenters. The van der Waals surface area contributed by atoms with E-state index in [1.165, 1.54) is 6.42 Å². The van der Waals surface area contributed by atoms with Gasteiger partial charge in [-0.05, 0) is 40.2 Å². The van der Waals surface area contributed by atoms with E-state index >= 15 is 0 Å². The fraction of sp³-hybridized carbons (Fsp3) is 0.692. The SMILES string of the molecule is CC(C)(C)OC(=O)c1csc(C2CCCNC2)n1. The summed E-state index contributed by atoms with van der Waals surface area (Å²) in [5.74, 6) is 0.119. The Balaban J connectivity index is 2.03. The number of hydrogen-bond donors (Lipinski definition) is 1. The first kappa shape index (κ1) is 13.5. The topological polar surface area (TPSA) is 51.2 Å². The van der Waals surface area contributed by atoms with Crippen LogP contribution in [0.25, 0.3) is 0 Å². The monoisotopic (exact) mass is 268 g/mol. The number of carbonyl (C=O) groups excluding carboxylic acids is 1. The smallest absolute Gasteiger partial charge is 0.358 e. The molecule has 1 N–H and O–H groups in total. The Kier molecular flexibility index (Phi) is 4.02. The average molecular weight is 268 g/mol. The molecule has 0 spiro atoms. The van der Waals surface area contributed by atoms with Crippen LogP contribution in [0.1, 0.15) is 55.0 Å². The van der Waals surface area contributed by atoms with Crippen LogP contribution in [0.5, 0.6) is 0 Å². The maximum Gasteiger partial charge on any atom is 0.358 e. The maximum atomic E-state index is 11.9. The highest BCUT2D eigenvalue weighted by Crippen LogP contribution is 2.26. The highest BCUT2D eigenvalue weighted by molar-refractivity contribution is 7.09. The van der Waals surface area contributed by atoms with Crippen molar-refractivity contribution >= 4 is 17.3 Å². The Hall–Kier alpha value is -0.940. The third kappa shape index (κ3) is 3.53. The van der Waals surface area contributed by atoms with Gasteiger partial charge < -0.3 is 10.1 Å². The molecule has 0 saturated carbocycles. The van der Waals surface area contributed by atoms with Crippen LogP contribution in [-0.4, -0.2) is 29.6 Å². The number of nitrogens with zero attached hydrogens (tertiary/aromatic N) is 1. The molecule has 0 aliphatic carbocycles. The fourth-order valence-electron chi connectivity index (χ4n) is 1.96. The highest BCUT2D eigenvalue weighted by atomic mass is 32.1. The lowest BCUT2D eigenvalue weighted by Gasteiger charge is -2.20. The summed E-state index contributed by atoms with van der Waals surface area (Å²) in [5.41, 5.74) is -0.0247. The molecule has 1 fully saturated rings. The van der Waals surface area contributed by atoms with Crippen LogP contribution in [0.3, 0.4) is 0 Å².